The van der Waals surface area contributed by atoms with Crippen LogP contribution in [0.15, 0.2) is 42.9 Å². The molecule has 1 N–H and O–H groups in total. The number of rotatable bonds is 3. The fraction of sp³-hybridized carbons (Fsp3) is 0.429. The number of fused-ring (bicyclic) bond motifs is 1. The van der Waals surface area contributed by atoms with E-state index in [2.05, 4.69) is 44.9 Å². The van der Waals surface area contributed by atoms with Crippen LogP contribution in [-0.4, -0.2) is 25.7 Å². The van der Waals surface area contributed by atoms with E-state index in [9.17, 15) is 5.11 Å². The molecule has 0 unspecified atom stereocenters. The van der Waals surface area contributed by atoms with E-state index in [1.54, 1.807) is 0 Å². The third kappa shape index (κ3) is 2.85. The molecule has 0 saturated heterocycles. The van der Waals surface area contributed by atoms with Crippen molar-refractivity contribution in [2.45, 2.75) is 56.6 Å². The summed E-state index contributed by atoms with van der Waals surface area (Å²) in [6.07, 6.45) is 10.2. The number of hydrogen-bond acceptors (Lipinski definition) is 3. The van der Waals surface area contributed by atoms with Crippen molar-refractivity contribution in [2.75, 3.05) is 0 Å². The highest BCUT2D eigenvalue weighted by molar-refractivity contribution is 5.81. The van der Waals surface area contributed by atoms with Crippen LogP contribution in [0.4, 0.5) is 0 Å². The van der Waals surface area contributed by atoms with Gasteiger partial charge in [-0.2, -0.15) is 0 Å². The van der Waals surface area contributed by atoms with Crippen molar-refractivity contribution in [3.63, 3.8) is 0 Å². The molecule has 0 atom stereocenters. The van der Waals surface area contributed by atoms with Crippen LogP contribution in [0.3, 0.4) is 0 Å². The number of nitrogens with zero attached hydrogens (tertiary/aromatic N) is 3. The van der Waals surface area contributed by atoms with Crippen LogP contribution < -0.4 is 0 Å². The van der Waals surface area contributed by atoms with E-state index in [1.165, 1.54) is 23.9 Å². The predicted molar refractivity (Wildman–Crippen MR) is 98.5 cm³/mol. The van der Waals surface area contributed by atoms with E-state index in [0.717, 1.165) is 48.4 Å². The minimum Gasteiger partial charge on any atom is -0.393 e. The van der Waals surface area contributed by atoms with Crippen LogP contribution in [0.1, 0.15) is 56.0 Å². The molecule has 2 fully saturated rings. The molecule has 0 aliphatic heterocycles. The minimum atomic E-state index is -0.129. The highest BCUT2D eigenvalue weighted by atomic mass is 16.3. The Kier molecular flexibility index (Phi) is 3.59. The molecule has 3 aromatic rings. The molecule has 4 heteroatoms. The topological polar surface area (TPSA) is 50.9 Å². The van der Waals surface area contributed by atoms with Gasteiger partial charge < -0.3 is 9.67 Å². The number of aliphatic hydroxyl groups excluding tert-OH is 1. The average Bonchev–Trinajstić information content (AvgIpc) is 3.42. The fourth-order valence-corrected chi connectivity index (χ4v) is 4.09. The Morgan fingerprint density at radius 1 is 0.920 bits per heavy atom. The molecule has 5 rings (SSSR count). The summed E-state index contributed by atoms with van der Waals surface area (Å²) in [6, 6.07) is 11.3. The molecule has 25 heavy (non-hydrogen) atoms. The Balaban J connectivity index is 1.52. The maximum atomic E-state index is 9.77. The smallest absolute Gasteiger partial charge is 0.0960 e. The molecule has 2 aliphatic carbocycles. The highest BCUT2D eigenvalue weighted by Gasteiger charge is 2.24. The van der Waals surface area contributed by atoms with Gasteiger partial charge in [0.05, 0.1) is 29.2 Å². The van der Waals surface area contributed by atoms with Gasteiger partial charge in [0.15, 0.2) is 0 Å². The van der Waals surface area contributed by atoms with Gasteiger partial charge in [-0.15, -0.1) is 0 Å². The van der Waals surface area contributed by atoms with Crippen LogP contribution in [0.25, 0.3) is 22.3 Å². The molecule has 2 aromatic heterocycles. The number of aliphatic hydroxyl groups is 1. The number of pyridine rings is 1. The molecular weight excluding hydrogens is 310 g/mol. The standard InChI is InChI=1S/C21H23N3O/c25-18-6-4-17(5-7-18)24-13-23-19-8-3-16(12-21(19)24)20-11-15(9-10-22-20)14-1-2-14/h3,8-14,17-18,25H,1-2,4-7H2. The number of hydrogen-bond donors (Lipinski definition) is 1. The summed E-state index contributed by atoms with van der Waals surface area (Å²) in [4.78, 5) is 9.18. The molecule has 128 valence electrons. The number of imidazole rings is 1. The SMILES string of the molecule is OC1CCC(n2cnc3ccc(-c4cc(C5CC5)ccn4)cc32)CC1. The van der Waals surface area contributed by atoms with E-state index in [-0.39, 0.29) is 6.10 Å². The van der Waals surface area contributed by atoms with Crippen molar-refractivity contribution in [3.8, 4) is 11.3 Å². The third-order valence-electron chi connectivity index (χ3n) is 5.76. The van der Waals surface area contributed by atoms with Crippen LogP contribution in [-0.2, 0) is 0 Å². The second-order valence-corrected chi connectivity index (χ2v) is 7.57. The maximum absolute atomic E-state index is 9.77. The minimum absolute atomic E-state index is 0.129. The van der Waals surface area contributed by atoms with Crippen molar-refractivity contribution in [1.82, 2.24) is 14.5 Å². The molecule has 1 aromatic carbocycles. The van der Waals surface area contributed by atoms with Gasteiger partial charge in [0.1, 0.15) is 0 Å². The summed E-state index contributed by atoms with van der Waals surface area (Å²) in [6.45, 7) is 0. The first kappa shape index (κ1) is 15.1. The largest absolute Gasteiger partial charge is 0.393 e. The quantitative estimate of drug-likeness (QED) is 0.770. The Morgan fingerprint density at radius 2 is 1.76 bits per heavy atom. The Bertz CT molecular complexity index is 904. The Hall–Kier alpha value is -2.20. The monoisotopic (exact) mass is 333 g/mol. The van der Waals surface area contributed by atoms with Crippen LogP contribution in [0, 0.1) is 0 Å². The van der Waals surface area contributed by atoms with Gasteiger partial charge in [-0.3, -0.25) is 4.98 Å². The maximum Gasteiger partial charge on any atom is 0.0960 e. The molecule has 0 radical (unpaired) electrons. The normalized spacial score (nSPS) is 23.9. The van der Waals surface area contributed by atoms with Crippen LogP contribution in [0.5, 0.6) is 0 Å². The van der Waals surface area contributed by atoms with Crippen molar-refractivity contribution in [3.05, 3.63) is 48.4 Å². The first-order valence-electron chi connectivity index (χ1n) is 9.39. The van der Waals surface area contributed by atoms with Crippen molar-refractivity contribution >= 4 is 11.0 Å². The van der Waals surface area contributed by atoms with Gasteiger partial charge >= 0.3 is 0 Å². The first-order valence-corrected chi connectivity index (χ1v) is 9.39. The van der Waals surface area contributed by atoms with Crippen LogP contribution in [0.2, 0.25) is 0 Å². The highest BCUT2D eigenvalue weighted by Crippen LogP contribution is 2.41. The molecule has 2 aliphatic rings. The summed E-state index contributed by atoms with van der Waals surface area (Å²) in [5.74, 6) is 0.740. The molecular formula is C21H23N3O. The average molecular weight is 333 g/mol. The lowest BCUT2D eigenvalue weighted by Gasteiger charge is -2.27. The zero-order valence-corrected chi connectivity index (χ0v) is 14.3. The lowest BCUT2D eigenvalue weighted by molar-refractivity contribution is 0.111. The van der Waals surface area contributed by atoms with Crippen molar-refractivity contribution in [2.24, 2.45) is 0 Å². The van der Waals surface area contributed by atoms with Gasteiger partial charge in [-0.1, -0.05) is 6.07 Å². The van der Waals surface area contributed by atoms with Crippen molar-refractivity contribution in [1.29, 1.82) is 0 Å². The lowest BCUT2D eigenvalue weighted by Crippen LogP contribution is -2.20. The second-order valence-electron chi connectivity index (χ2n) is 7.57. The summed E-state index contributed by atoms with van der Waals surface area (Å²) >= 11 is 0. The van der Waals surface area contributed by atoms with Gasteiger partial charge in [0.25, 0.3) is 0 Å². The summed E-state index contributed by atoms with van der Waals surface area (Å²) in [5.41, 5.74) is 5.84. The number of aromatic nitrogens is 3. The fourth-order valence-electron chi connectivity index (χ4n) is 4.09. The van der Waals surface area contributed by atoms with Crippen LogP contribution >= 0.6 is 0 Å². The Labute approximate surface area is 147 Å². The molecule has 4 nitrogen and oxygen atoms in total. The summed E-state index contributed by atoms with van der Waals surface area (Å²) in [5, 5.41) is 9.77. The summed E-state index contributed by atoms with van der Waals surface area (Å²) < 4.78 is 2.30. The van der Waals surface area contributed by atoms with E-state index in [0.29, 0.717) is 6.04 Å². The van der Waals surface area contributed by atoms with E-state index >= 15 is 0 Å². The van der Waals surface area contributed by atoms with Gasteiger partial charge in [0.2, 0.25) is 0 Å². The second kappa shape index (κ2) is 5.95. The number of benzene rings is 1. The lowest BCUT2D eigenvalue weighted by atomic mass is 9.93. The Morgan fingerprint density at radius 3 is 2.56 bits per heavy atom. The first-order chi connectivity index (χ1) is 12.3. The zero-order valence-electron chi connectivity index (χ0n) is 14.3. The summed E-state index contributed by atoms with van der Waals surface area (Å²) in [7, 11) is 0. The molecule has 0 bridgehead atoms. The zero-order chi connectivity index (χ0) is 16.8. The van der Waals surface area contributed by atoms with Gasteiger partial charge in [0, 0.05) is 17.8 Å². The van der Waals surface area contributed by atoms with E-state index in [4.69, 9.17) is 0 Å². The van der Waals surface area contributed by atoms with Gasteiger partial charge in [-0.25, -0.2) is 4.98 Å². The molecule has 2 heterocycles. The predicted octanol–water partition coefficient (Wildman–Crippen LogP) is 4.45. The van der Waals surface area contributed by atoms with Crippen molar-refractivity contribution < 1.29 is 5.11 Å². The van der Waals surface area contributed by atoms with E-state index < -0.39 is 0 Å². The van der Waals surface area contributed by atoms with Gasteiger partial charge in [-0.05, 0) is 74.3 Å². The molecule has 0 amide bonds. The van der Waals surface area contributed by atoms with E-state index in [1.807, 2.05) is 12.5 Å². The third-order valence-corrected chi connectivity index (χ3v) is 5.76. The molecule has 0 spiro atoms. The molecule has 2 saturated carbocycles.